The van der Waals surface area contributed by atoms with Crippen LogP contribution in [0.3, 0.4) is 0 Å². The van der Waals surface area contributed by atoms with Crippen molar-refractivity contribution in [2.45, 2.75) is 64.7 Å². The monoisotopic (exact) mass is 212 g/mol. The lowest BCUT2D eigenvalue weighted by Gasteiger charge is -2.21. The fraction of sp³-hybridized carbons (Fsp3) is 0.923. The SMILES string of the molecule is CCCCC(=O)OCCC1CCCCC1. The van der Waals surface area contributed by atoms with Crippen molar-refractivity contribution in [2.24, 2.45) is 5.92 Å². The van der Waals surface area contributed by atoms with E-state index in [2.05, 4.69) is 6.92 Å². The minimum Gasteiger partial charge on any atom is -0.466 e. The summed E-state index contributed by atoms with van der Waals surface area (Å²) in [7, 11) is 0. The van der Waals surface area contributed by atoms with E-state index in [0.29, 0.717) is 13.0 Å². The zero-order valence-electron chi connectivity index (χ0n) is 9.96. The van der Waals surface area contributed by atoms with Gasteiger partial charge in [-0.25, -0.2) is 0 Å². The van der Waals surface area contributed by atoms with Crippen LogP contribution in [0.2, 0.25) is 0 Å². The Kier molecular flexibility index (Phi) is 6.45. The Morgan fingerprint density at radius 2 is 2.00 bits per heavy atom. The molecule has 2 heteroatoms. The summed E-state index contributed by atoms with van der Waals surface area (Å²) in [5.41, 5.74) is 0. The lowest BCUT2D eigenvalue weighted by molar-refractivity contribution is -0.144. The molecular formula is C13H24O2. The molecule has 0 aromatic rings. The summed E-state index contributed by atoms with van der Waals surface area (Å²) in [6.45, 7) is 2.74. The van der Waals surface area contributed by atoms with Crippen LogP contribution in [0.1, 0.15) is 64.7 Å². The first-order valence-corrected chi connectivity index (χ1v) is 6.48. The summed E-state index contributed by atoms with van der Waals surface area (Å²) >= 11 is 0. The molecule has 1 fully saturated rings. The molecule has 0 radical (unpaired) electrons. The predicted molar refractivity (Wildman–Crippen MR) is 61.7 cm³/mol. The smallest absolute Gasteiger partial charge is 0.305 e. The van der Waals surface area contributed by atoms with Gasteiger partial charge in [-0.05, 0) is 18.8 Å². The Hall–Kier alpha value is -0.530. The van der Waals surface area contributed by atoms with E-state index in [1.54, 1.807) is 0 Å². The minimum absolute atomic E-state index is 0.00680. The highest BCUT2D eigenvalue weighted by Gasteiger charge is 2.13. The van der Waals surface area contributed by atoms with Gasteiger partial charge in [0.15, 0.2) is 0 Å². The van der Waals surface area contributed by atoms with Crippen LogP contribution in [-0.4, -0.2) is 12.6 Å². The van der Waals surface area contributed by atoms with Crippen molar-refractivity contribution < 1.29 is 9.53 Å². The maximum atomic E-state index is 11.2. The molecule has 0 amide bonds. The van der Waals surface area contributed by atoms with Crippen molar-refractivity contribution in [3.8, 4) is 0 Å². The average molecular weight is 212 g/mol. The Morgan fingerprint density at radius 3 is 2.67 bits per heavy atom. The van der Waals surface area contributed by atoms with Crippen LogP contribution in [0, 0.1) is 5.92 Å². The Bertz CT molecular complexity index is 171. The van der Waals surface area contributed by atoms with Gasteiger partial charge in [-0.15, -0.1) is 0 Å². The third-order valence-corrected chi connectivity index (χ3v) is 3.25. The quantitative estimate of drug-likeness (QED) is 0.628. The minimum atomic E-state index is -0.00680. The number of esters is 1. The van der Waals surface area contributed by atoms with E-state index in [0.717, 1.165) is 25.2 Å². The summed E-state index contributed by atoms with van der Waals surface area (Å²) in [6.07, 6.45) is 10.5. The molecular weight excluding hydrogens is 188 g/mol. The van der Waals surface area contributed by atoms with Crippen molar-refractivity contribution in [2.75, 3.05) is 6.61 Å². The van der Waals surface area contributed by atoms with Gasteiger partial charge < -0.3 is 4.74 Å². The predicted octanol–water partition coefficient (Wildman–Crippen LogP) is 3.69. The standard InChI is InChI=1S/C13H24O2/c1-2-3-9-13(14)15-11-10-12-7-5-4-6-8-12/h12H,2-11H2,1H3. The largest absolute Gasteiger partial charge is 0.466 e. The first-order valence-electron chi connectivity index (χ1n) is 6.48. The van der Waals surface area contributed by atoms with Crippen LogP contribution in [-0.2, 0) is 9.53 Å². The molecule has 88 valence electrons. The van der Waals surface area contributed by atoms with Crippen LogP contribution in [0.25, 0.3) is 0 Å². The van der Waals surface area contributed by atoms with Crippen molar-refractivity contribution >= 4 is 5.97 Å². The lowest BCUT2D eigenvalue weighted by Crippen LogP contribution is -2.12. The van der Waals surface area contributed by atoms with Gasteiger partial charge >= 0.3 is 5.97 Å². The van der Waals surface area contributed by atoms with E-state index >= 15 is 0 Å². The molecule has 0 saturated heterocycles. The van der Waals surface area contributed by atoms with Crippen molar-refractivity contribution in [3.63, 3.8) is 0 Å². The fourth-order valence-electron chi connectivity index (χ4n) is 2.21. The van der Waals surface area contributed by atoms with Crippen LogP contribution in [0.15, 0.2) is 0 Å². The normalized spacial score (nSPS) is 17.7. The van der Waals surface area contributed by atoms with Crippen LogP contribution < -0.4 is 0 Å². The van der Waals surface area contributed by atoms with E-state index in [9.17, 15) is 4.79 Å². The fourth-order valence-corrected chi connectivity index (χ4v) is 2.21. The number of hydrogen-bond acceptors (Lipinski definition) is 2. The van der Waals surface area contributed by atoms with Gasteiger partial charge in [0.05, 0.1) is 6.61 Å². The second kappa shape index (κ2) is 7.72. The lowest BCUT2D eigenvalue weighted by atomic mass is 9.87. The van der Waals surface area contributed by atoms with Gasteiger partial charge in [0.2, 0.25) is 0 Å². The molecule has 1 rings (SSSR count). The van der Waals surface area contributed by atoms with Gasteiger partial charge in [-0.2, -0.15) is 0 Å². The van der Waals surface area contributed by atoms with E-state index in [1.165, 1.54) is 32.1 Å². The molecule has 2 nitrogen and oxygen atoms in total. The topological polar surface area (TPSA) is 26.3 Å². The zero-order valence-corrected chi connectivity index (χ0v) is 9.96. The van der Waals surface area contributed by atoms with E-state index < -0.39 is 0 Å². The van der Waals surface area contributed by atoms with Crippen molar-refractivity contribution in [3.05, 3.63) is 0 Å². The van der Waals surface area contributed by atoms with Gasteiger partial charge in [-0.3, -0.25) is 4.79 Å². The summed E-state index contributed by atoms with van der Waals surface area (Å²) in [4.78, 5) is 11.2. The van der Waals surface area contributed by atoms with E-state index in [4.69, 9.17) is 4.74 Å². The number of unbranched alkanes of at least 4 members (excludes halogenated alkanes) is 1. The highest BCUT2D eigenvalue weighted by atomic mass is 16.5. The van der Waals surface area contributed by atoms with Crippen LogP contribution in [0.4, 0.5) is 0 Å². The van der Waals surface area contributed by atoms with Crippen molar-refractivity contribution in [1.82, 2.24) is 0 Å². The van der Waals surface area contributed by atoms with Gasteiger partial charge in [0.1, 0.15) is 0 Å². The van der Waals surface area contributed by atoms with Gasteiger partial charge in [-0.1, -0.05) is 45.4 Å². The second-order valence-electron chi connectivity index (χ2n) is 4.62. The summed E-state index contributed by atoms with van der Waals surface area (Å²) in [5, 5.41) is 0. The number of hydrogen-bond donors (Lipinski definition) is 0. The summed E-state index contributed by atoms with van der Waals surface area (Å²) < 4.78 is 5.21. The number of carbonyl (C=O) groups excluding carboxylic acids is 1. The number of rotatable bonds is 6. The Morgan fingerprint density at radius 1 is 1.27 bits per heavy atom. The molecule has 0 aromatic carbocycles. The first-order chi connectivity index (χ1) is 7.33. The average Bonchev–Trinajstić information content (AvgIpc) is 2.28. The zero-order chi connectivity index (χ0) is 10.9. The molecule has 1 saturated carbocycles. The van der Waals surface area contributed by atoms with Crippen molar-refractivity contribution in [1.29, 1.82) is 0 Å². The molecule has 15 heavy (non-hydrogen) atoms. The summed E-state index contributed by atoms with van der Waals surface area (Å²) in [6, 6.07) is 0. The molecule has 1 aliphatic carbocycles. The molecule has 0 heterocycles. The van der Waals surface area contributed by atoms with E-state index in [-0.39, 0.29) is 5.97 Å². The maximum absolute atomic E-state index is 11.2. The molecule has 0 unspecified atom stereocenters. The molecule has 0 aliphatic heterocycles. The third kappa shape index (κ3) is 5.81. The first kappa shape index (κ1) is 12.5. The number of ether oxygens (including phenoxy) is 1. The van der Waals surface area contributed by atoms with Gasteiger partial charge in [0, 0.05) is 6.42 Å². The molecule has 0 atom stereocenters. The van der Waals surface area contributed by atoms with Crippen LogP contribution >= 0.6 is 0 Å². The number of carbonyl (C=O) groups is 1. The molecule has 0 spiro atoms. The third-order valence-electron chi connectivity index (χ3n) is 3.25. The Labute approximate surface area is 93.4 Å². The second-order valence-corrected chi connectivity index (χ2v) is 4.62. The Balaban J connectivity index is 1.97. The molecule has 0 aromatic heterocycles. The highest BCUT2D eigenvalue weighted by Crippen LogP contribution is 2.26. The molecule has 1 aliphatic rings. The highest BCUT2D eigenvalue weighted by molar-refractivity contribution is 5.69. The van der Waals surface area contributed by atoms with Crippen LogP contribution in [0.5, 0.6) is 0 Å². The molecule has 0 bridgehead atoms. The molecule has 0 N–H and O–H groups in total. The maximum Gasteiger partial charge on any atom is 0.305 e. The van der Waals surface area contributed by atoms with Gasteiger partial charge in [0.25, 0.3) is 0 Å². The van der Waals surface area contributed by atoms with E-state index in [1.807, 2.05) is 0 Å². The summed E-state index contributed by atoms with van der Waals surface area (Å²) in [5.74, 6) is 0.811.